The second-order valence-corrected chi connectivity index (χ2v) is 5.41. The SMILES string of the molecule is Nc1nc(-c2ccccc2)nc(-c2ccccc2)c1I. The largest absolute Gasteiger partial charge is 0.383 e. The van der Waals surface area contributed by atoms with Crippen LogP contribution in [0, 0.1) is 3.57 Å². The monoisotopic (exact) mass is 373 g/mol. The molecule has 0 atom stereocenters. The van der Waals surface area contributed by atoms with E-state index in [1.165, 1.54) is 0 Å². The number of nitrogen functional groups attached to an aromatic ring is 1. The van der Waals surface area contributed by atoms with Crippen molar-refractivity contribution in [2.24, 2.45) is 0 Å². The highest BCUT2D eigenvalue weighted by Gasteiger charge is 2.12. The fourth-order valence-electron chi connectivity index (χ4n) is 1.97. The number of rotatable bonds is 2. The first kappa shape index (κ1) is 13.1. The molecule has 0 saturated heterocycles. The molecule has 1 aromatic heterocycles. The molecule has 0 aliphatic heterocycles. The molecule has 0 aliphatic rings. The summed E-state index contributed by atoms with van der Waals surface area (Å²) < 4.78 is 0.883. The number of nitrogens with zero attached hydrogens (tertiary/aromatic N) is 2. The summed E-state index contributed by atoms with van der Waals surface area (Å²) in [6.07, 6.45) is 0. The molecule has 0 unspecified atom stereocenters. The molecule has 20 heavy (non-hydrogen) atoms. The summed E-state index contributed by atoms with van der Waals surface area (Å²) in [6, 6.07) is 19.9. The summed E-state index contributed by atoms with van der Waals surface area (Å²) in [4.78, 5) is 9.06. The fraction of sp³-hybridized carbons (Fsp3) is 0. The van der Waals surface area contributed by atoms with Gasteiger partial charge in [-0.05, 0) is 22.6 Å². The lowest BCUT2D eigenvalue weighted by molar-refractivity contribution is 1.17. The standard InChI is InChI=1S/C16H12IN3/c17-13-14(11-7-3-1-4-8-11)19-16(20-15(13)18)12-9-5-2-6-10-12/h1-10H,(H2,18,19,20). The molecular formula is C16H12IN3. The van der Waals surface area contributed by atoms with Gasteiger partial charge in [0.05, 0.1) is 9.26 Å². The second kappa shape index (κ2) is 5.58. The minimum absolute atomic E-state index is 0.512. The van der Waals surface area contributed by atoms with Crippen molar-refractivity contribution in [2.75, 3.05) is 5.73 Å². The first-order valence-electron chi connectivity index (χ1n) is 6.19. The van der Waals surface area contributed by atoms with Crippen molar-refractivity contribution >= 4 is 28.4 Å². The quantitative estimate of drug-likeness (QED) is 0.691. The molecule has 3 rings (SSSR count). The van der Waals surface area contributed by atoms with Gasteiger partial charge in [0.1, 0.15) is 5.82 Å². The highest BCUT2D eigenvalue weighted by Crippen LogP contribution is 2.29. The molecule has 2 N–H and O–H groups in total. The average molecular weight is 373 g/mol. The van der Waals surface area contributed by atoms with Gasteiger partial charge in [-0.2, -0.15) is 0 Å². The Morgan fingerprint density at radius 3 is 1.90 bits per heavy atom. The normalized spacial score (nSPS) is 10.4. The molecule has 0 bridgehead atoms. The van der Waals surface area contributed by atoms with E-state index in [2.05, 4.69) is 32.6 Å². The van der Waals surface area contributed by atoms with Crippen LogP contribution in [-0.2, 0) is 0 Å². The van der Waals surface area contributed by atoms with E-state index in [1.54, 1.807) is 0 Å². The number of hydrogen-bond donors (Lipinski definition) is 1. The van der Waals surface area contributed by atoms with E-state index >= 15 is 0 Å². The van der Waals surface area contributed by atoms with Crippen molar-refractivity contribution < 1.29 is 0 Å². The summed E-state index contributed by atoms with van der Waals surface area (Å²) in [6.45, 7) is 0. The highest BCUT2D eigenvalue weighted by atomic mass is 127. The third kappa shape index (κ3) is 2.51. The smallest absolute Gasteiger partial charge is 0.162 e. The van der Waals surface area contributed by atoms with Crippen LogP contribution in [0.3, 0.4) is 0 Å². The summed E-state index contributed by atoms with van der Waals surface area (Å²) in [5, 5.41) is 0. The van der Waals surface area contributed by atoms with Crippen LogP contribution in [0.5, 0.6) is 0 Å². The summed E-state index contributed by atoms with van der Waals surface area (Å²) in [5.41, 5.74) is 8.92. The van der Waals surface area contributed by atoms with Gasteiger partial charge in [0.15, 0.2) is 5.82 Å². The first-order chi connectivity index (χ1) is 9.75. The predicted octanol–water partition coefficient (Wildman–Crippen LogP) is 4.00. The molecule has 1 heterocycles. The van der Waals surface area contributed by atoms with E-state index < -0.39 is 0 Å². The molecule has 3 aromatic rings. The molecule has 2 aromatic carbocycles. The summed E-state index contributed by atoms with van der Waals surface area (Å²) >= 11 is 2.19. The highest BCUT2D eigenvalue weighted by molar-refractivity contribution is 14.1. The van der Waals surface area contributed by atoms with Crippen molar-refractivity contribution in [3.63, 3.8) is 0 Å². The Hall–Kier alpha value is -1.95. The maximum Gasteiger partial charge on any atom is 0.162 e. The summed E-state index contributed by atoms with van der Waals surface area (Å²) in [5.74, 6) is 1.17. The topological polar surface area (TPSA) is 51.8 Å². The minimum atomic E-state index is 0.512. The van der Waals surface area contributed by atoms with Gasteiger partial charge in [0, 0.05) is 11.1 Å². The van der Waals surface area contributed by atoms with Crippen LogP contribution in [0.25, 0.3) is 22.6 Å². The van der Waals surface area contributed by atoms with Crippen molar-refractivity contribution in [3.05, 3.63) is 64.2 Å². The average Bonchev–Trinajstić information content (AvgIpc) is 2.51. The van der Waals surface area contributed by atoms with Gasteiger partial charge >= 0.3 is 0 Å². The van der Waals surface area contributed by atoms with Crippen LogP contribution >= 0.6 is 22.6 Å². The van der Waals surface area contributed by atoms with Crippen LogP contribution in [0.2, 0.25) is 0 Å². The van der Waals surface area contributed by atoms with Gasteiger partial charge in [0.2, 0.25) is 0 Å². The molecule has 0 radical (unpaired) electrons. The van der Waals surface area contributed by atoms with Gasteiger partial charge < -0.3 is 5.73 Å². The molecule has 0 aliphatic carbocycles. The zero-order valence-electron chi connectivity index (χ0n) is 10.6. The number of halogens is 1. The molecule has 0 fully saturated rings. The van der Waals surface area contributed by atoms with Gasteiger partial charge in [-0.25, -0.2) is 9.97 Å². The fourth-order valence-corrected chi connectivity index (χ4v) is 2.52. The van der Waals surface area contributed by atoms with Crippen molar-refractivity contribution in [3.8, 4) is 22.6 Å². The summed E-state index contributed by atoms with van der Waals surface area (Å²) in [7, 11) is 0. The third-order valence-electron chi connectivity index (χ3n) is 2.96. The lowest BCUT2D eigenvalue weighted by Crippen LogP contribution is -2.02. The van der Waals surface area contributed by atoms with Crippen molar-refractivity contribution in [2.45, 2.75) is 0 Å². The molecule has 3 nitrogen and oxygen atoms in total. The number of benzene rings is 2. The predicted molar refractivity (Wildman–Crippen MR) is 90.0 cm³/mol. The Bertz CT molecular complexity index is 727. The van der Waals surface area contributed by atoms with E-state index in [0.29, 0.717) is 11.6 Å². The Balaban J connectivity index is 2.19. The second-order valence-electron chi connectivity index (χ2n) is 4.33. The third-order valence-corrected chi connectivity index (χ3v) is 4.02. The molecule has 0 saturated carbocycles. The molecule has 0 spiro atoms. The van der Waals surface area contributed by atoms with Crippen LogP contribution in [0.4, 0.5) is 5.82 Å². The lowest BCUT2D eigenvalue weighted by Gasteiger charge is -2.09. The molecular weight excluding hydrogens is 361 g/mol. The minimum Gasteiger partial charge on any atom is -0.383 e. The maximum absolute atomic E-state index is 6.04. The van der Waals surface area contributed by atoms with Crippen LogP contribution in [0.1, 0.15) is 0 Å². The van der Waals surface area contributed by atoms with E-state index in [-0.39, 0.29) is 0 Å². The number of aromatic nitrogens is 2. The van der Waals surface area contributed by atoms with Crippen molar-refractivity contribution in [1.82, 2.24) is 9.97 Å². The first-order valence-corrected chi connectivity index (χ1v) is 7.27. The zero-order chi connectivity index (χ0) is 13.9. The van der Waals surface area contributed by atoms with E-state index in [4.69, 9.17) is 5.73 Å². The molecule has 98 valence electrons. The molecule has 0 amide bonds. The van der Waals surface area contributed by atoms with E-state index in [9.17, 15) is 0 Å². The van der Waals surface area contributed by atoms with E-state index in [1.807, 2.05) is 60.7 Å². The van der Waals surface area contributed by atoms with Gasteiger partial charge in [-0.15, -0.1) is 0 Å². The maximum atomic E-state index is 6.04. The Morgan fingerprint density at radius 2 is 1.30 bits per heavy atom. The Kier molecular flexibility index (Phi) is 3.64. The van der Waals surface area contributed by atoms with Gasteiger partial charge in [0.25, 0.3) is 0 Å². The number of hydrogen-bond acceptors (Lipinski definition) is 3. The lowest BCUT2D eigenvalue weighted by atomic mass is 10.1. The van der Waals surface area contributed by atoms with Crippen LogP contribution < -0.4 is 5.73 Å². The zero-order valence-corrected chi connectivity index (χ0v) is 12.8. The van der Waals surface area contributed by atoms with Crippen LogP contribution in [0.15, 0.2) is 60.7 Å². The number of anilines is 1. The van der Waals surface area contributed by atoms with Crippen LogP contribution in [-0.4, -0.2) is 9.97 Å². The Labute approximate surface area is 131 Å². The Morgan fingerprint density at radius 1 is 0.750 bits per heavy atom. The molecule has 4 heteroatoms. The van der Waals surface area contributed by atoms with Gasteiger partial charge in [-0.3, -0.25) is 0 Å². The van der Waals surface area contributed by atoms with Crippen molar-refractivity contribution in [1.29, 1.82) is 0 Å². The van der Waals surface area contributed by atoms with E-state index in [0.717, 1.165) is 20.4 Å². The number of nitrogens with two attached hydrogens (primary N) is 1. The van der Waals surface area contributed by atoms with Gasteiger partial charge in [-0.1, -0.05) is 60.7 Å².